The Morgan fingerprint density at radius 1 is 1.32 bits per heavy atom. The van der Waals surface area contributed by atoms with Gasteiger partial charge in [-0.2, -0.15) is 0 Å². The van der Waals surface area contributed by atoms with Crippen molar-refractivity contribution in [1.29, 1.82) is 0 Å². The molecule has 0 atom stereocenters. The van der Waals surface area contributed by atoms with Crippen LogP contribution in [0.3, 0.4) is 0 Å². The standard InChI is InChI=1S/C13H16BrN3O4S/c1-17(2)22(18,19)7-6-12-15-16-13(21-12)9-4-5-11(20-3)10(14)8-9/h4-5,8H,6-7H2,1-3H3. The Morgan fingerprint density at radius 3 is 2.64 bits per heavy atom. The minimum Gasteiger partial charge on any atom is -0.496 e. The lowest BCUT2D eigenvalue weighted by Gasteiger charge is -2.09. The zero-order chi connectivity index (χ0) is 16.3. The van der Waals surface area contributed by atoms with Gasteiger partial charge in [0.15, 0.2) is 0 Å². The fraction of sp³-hybridized carbons (Fsp3) is 0.385. The molecule has 0 saturated carbocycles. The number of ether oxygens (including phenoxy) is 1. The fourth-order valence-corrected chi connectivity index (χ4v) is 3.01. The van der Waals surface area contributed by atoms with Crippen LogP contribution in [-0.4, -0.2) is 49.9 Å². The maximum atomic E-state index is 11.7. The number of methoxy groups -OCH3 is 1. The second-order valence-electron chi connectivity index (χ2n) is 4.70. The topological polar surface area (TPSA) is 85.5 Å². The molecule has 2 rings (SSSR count). The fourth-order valence-electron chi connectivity index (χ4n) is 1.67. The Bertz CT molecular complexity index is 758. The molecule has 0 aliphatic heterocycles. The highest BCUT2D eigenvalue weighted by Gasteiger charge is 2.17. The Balaban J connectivity index is 2.13. The molecule has 0 radical (unpaired) electrons. The highest BCUT2D eigenvalue weighted by molar-refractivity contribution is 9.10. The summed E-state index contributed by atoms with van der Waals surface area (Å²) in [6.07, 6.45) is 0.171. The van der Waals surface area contributed by atoms with Crippen LogP contribution < -0.4 is 4.74 Å². The van der Waals surface area contributed by atoms with E-state index in [1.807, 2.05) is 0 Å². The van der Waals surface area contributed by atoms with Gasteiger partial charge in [0.1, 0.15) is 5.75 Å². The predicted molar refractivity (Wildman–Crippen MR) is 85.2 cm³/mol. The van der Waals surface area contributed by atoms with Gasteiger partial charge in [0.2, 0.25) is 21.8 Å². The first kappa shape index (κ1) is 16.9. The minimum absolute atomic E-state index is 0.0755. The summed E-state index contributed by atoms with van der Waals surface area (Å²) in [7, 11) is 1.27. The van der Waals surface area contributed by atoms with Gasteiger partial charge in [-0.05, 0) is 34.1 Å². The van der Waals surface area contributed by atoms with Crippen molar-refractivity contribution in [2.45, 2.75) is 6.42 Å². The van der Waals surface area contributed by atoms with Crippen molar-refractivity contribution in [2.24, 2.45) is 0 Å². The molecular formula is C13H16BrN3O4S. The van der Waals surface area contributed by atoms with Gasteiger partial charge in [-0.25, -0.2) is 12.7 Å². The summed E-state index contributed by atoms with van der Waals surface area (Å²) in [6, 6.07) is 5.37. The Labute approximate surface area is 137 Å². The molecule has 0 unspecified atom stereocenters. The van der Waals surface area contributed by atoms with E-state index >= 15 is 0 Å². The van der Waals surface area contributed by atoms with Crippen LogP contribution >= 0.6 is 15.9 Å². The number of nitrogens with zero attached hydrogens (tertiary/aromatic N) is 3. The van der Waals surface area contributed by atoms with Crippen LogP contribution in [0.1, 0.15) is 5.89 Å². The van der Waals surface area contributed by atoms with Crippen molar-refractivity contribution in [3.05, 3.63) is 28.6 Å². The second-order valence-corrected chi connectivity index (χ2v) is 7.86. The van der Waals surface area contributed by atoms with Gasteiger partial charge in [0.05, 0.1) is 17.3 Å². The molecule has 0 amide bonds. The molecule has 22 heavy (non-hydrogen) atoms. The average molecular weight is 390 g/mol. The smallest absolute Gasteiger partial charge is 0.247 e. The van der Waals surface area contributed by atoms with Gasteiger partial charge in [0.25, 0.3) is 0 Å². The normalized spacial score (nSPS) is 11.9. The zero-order valence-corrected chi connectivity index (χ0v) is 14.8. The number of halogens is 1. The number of aromatic nitrogens is 2. The quantitative estimate of drug-likeness (QED) is 0.750. The van der Waals surface area contributed by atoms with E-state index in [0.717, 1.165) is 10.0 Å². The van der Waals surface area contributed by atoms with Crippen LogP contribution in [0.15, 0.2) is 27.1 Å². The van der Waals surface area contributed by atoms with Crippen molar-refractivity contribution < 1.29 is 17.6 Å². The molecule has 9 heteroatoms. The van der Waals surface area contributed by atoms with E-state index in [1.54, 1.807) is 25.3 Å². The van der Waals surface area contributed by atoms with Crippen molar-refractivity contribution in [3.8, 4) is 17.2 Å². The number of sulfonamides is 1. The third-order valence-electron chi connectivity index (χ3n) is 3.00. The minimum atomic E-state index is -3.29. The molecule has 0 spiro atoms. The van der Waals surface area contributed by atoms with Crippen LogP contribution in [-0.2, 0) is 16.4 Å². The van der Waals surface area contributed by atoms with E-state index in [-0.39, 0.29) is 18.1 Å². The zero-order valence-electron chi connectivity index (χ0n) is 12.4. The monoisotopic (exact) mass is 389 g/mol. The molecule has 1 aromatic carbocycles. The number of rotatable bonds is 6. The number of benzene rings is 1. The van der Waals surface area contributed by atoms with Crippen LogP contribution in [0.2, 0.25) is 0 Å². The lowest BCUT2D eigenvalue weighted by molar-refractivity contribution is 0.412. The lowest BCUT2D eigenvalue weighted by atomic mass is 10.2. The summed E-state index contributed by atoms with van der Waals surface area (Å²) in [5, 5.41) is 7.82. The molecule has 0 aliphatic carbocycles. The first-order chi connectivity index (χ1) is 10.3. The molecule has 0 aliphatic rings. The summed E-state index contributed by atoms with van der Waals surface area (Å²) in [6.45, 7) is 0. The van der Waals surface area contributed by atoms with Crippen molar-refractivity contribution in [2.75, 3.05) is 27.0 Å². The van der Waals surface area contributed by atoms with Crippen LogP contribution in [0.4, 0.5) is 0 Å². The lowest BCUT2D eigenvalue weighted by Crippen LogP contribution is -2.26. The van der Waals surface area contributed by atoms with Crippen molar-refractivity contribution in [3.63, 3.8) is 0 Å². The van der Waals surface area contributed by atoms with Crippen molar-refractivity contribution >= 4 is 26.0 Å². The van der Waals surface area contributed by atoms with Gasteiger partial charge < -0.3 is 9.15 Å². The summed E-state index contributed by atoms with van der Waals surface area (Å²) in [5.74, 6) is 1.24. The Kier molecular flexibility index (Phi) is 5.20. The third-order valence-corrected chi connectivity index (χ3v) is 5.45. The molecule has 0 saturated heterocycles. The van der Waals surface area contributed by atoms with E-state index in [9.17, 15) is 8.42 Å². The average Bonchev–Trinajstić information content (AvgIpc) is 2.94. The van der Waals surface area contributed by atoms with E-state index in [2.05, 4.69) is 26.1 Å². The first-order valence-corrected chi connectivity index (χ1v) is 8.80. The number of aryl methyl sites for hydroxylation is 1. The van der Waals surface area contributed by atoms with Crippen molar-refractivity contribution in [1.82, 2.24) is 14.5 Å². The van der Waals surface area contributed by atoms with Crippen LogP contribution in [0.25, 0.3) is 11.5 Å². The summed E-state index contributed by atoms with van der Waals surface area (Å²) >= 11 is 3.38. The first-order valence-electron chi connectivity index (χ1n) is 6.40. The molecule has 7 nitrogen and oxygen atoms in total. The molecule has 1 heterocycles. The second kappa shape index (κ2) is 6.76. The summed E-state index contributed by atoms with van der Waals surface area (Å²) in [4.78, 5) is 0. The van der Waals surface area contributed by atoms with E-state index in [4.69, 9.17) is 9.15 Å². The molecular weight excluding hydrogens is 374 g/mol. The number of hydrogen-bond donors (Lipinski definition) is 0. The highest BCUT2D eigenvalue weighted by Crippen LogP contribution is 2.29. The summed E-state index contributed by atoms with van der Waals surface area (Å²) < 4.78 is 36.0. The van der Waals surface area contributed by atoms with Crippen LogP contribution in [0.5, 0.6) is 5.75 Å². The van der Waals surface area contributed by atoms with Gasteiger partial charge in [-0.3, -0.25) is 0 Å². The molecule has 0 N–H and O–H groups in total. The number of hydrogen-bond acceptors (Lipinski definition) is 6. The van der Waals surface area contributed by atoms with E-state index < -0.39 is 10.0 Å². The Morgan fingerprint density at radius 2 is 2.05 bits per heavy atom. The largest absolute Gasteiger partial charge is 0.496 e. The van der Waals surface area contributed by atoms with Gasteiger partial charge in [-0.1, -0.05) is 0 Å². The van der Waals surface area contributed by atoms with Gasteiger partial charge in [-0.15, -0.1) is 10.2 Å². The van der Waals surface area contributed by atoms with E-state index in [1.165, 1.54) is 18.4 Å². The van der Waals surface area contributed by atoms with E-state index in [0.29, 0.717) is 11.6 Å². The maximum absolute atomic E-state index is 11.7. The predicted octanol–water partition coefficient (Wildman–Crippen LogP) is 1.94. The summed E-state index contributed by atoms with van der Waals surface area (Å²) in [5.41, 5.74) is 0.724. The van der Waals surface area contributed by atoms with Gasteiger partial charge >= 0.3 is 0 Å². The van der Waals surface area contributed by atoms with Crippen LogP contribution in [0, 0.1) is 0 Å². The molecule has 2 aromatic rings. The molecule has 120 valence electrons. The van der Waals surface area contributed by atoms with Gasteiger partial charge in [0, 0.05) is 26.1 Å². The maximum Gasteiger partial charge on any atom is 0.247 e. The highest BCUT2D eigenvalue weighted by atomic mass is 79.9. The molecule has 1 aromatic heterocycles. The Hall–Kier alpha value is -1.45. The molecule has 0 bridgehead atoms. The molecule has 0 fully saturated rings. The third kappa shape index (κ3) is 3.84. The SMILES string of the molecule is COc1ccc(-c2nnc(CCS(=O)(=O)N(C)C)o2)cc1Br.